The van der Waals surface area contributed by atoms with E-state index in [0.29, 0.717) is 17.1 Å². The maximum atomic E-state index is 11.1. The van der Waals surface area contributed by atoms with Crippen molar-refractivity contribution in [3.8, 4) is 23.0 Å². The highest BCUT2D eigenvalue weighted by molar-refractivity contribution is 14.1. The van der Waals surface area contributed by atoms with Gasteiger partial charge in [-0.05, 0) is 58.0 Å². The molecule has 2 aromatic carbocycles. The number of rotatable bonds is 10. The van der Waals surface area contributed by atoms with E-state index in [1.54, 1.807) is 32.4 Å². The second-order valence-corrected chi connectivity index (χ2v) is 8.48. The average molecular weight is 599 g/mol. The molecule has 0 aliphatic carbocycles. The van der Waals surface area contributed by atoms with Crippen LogP contribution in [0.4, 0.5) is 0 Å². The molecule has 33 heavy (non-hydrogen) atoms. The van der Waals surface area contributed by atoms with E-state index in [4.69, 9.17) is 39.3 Å². The SMILES string of the molecule is COc1ccc(/C=C\c2cc(I)c(OC)c(OC)c2)cc1OP(=O)(O)O.OCN(CO)CO. The molecule has 5 N–H and O–H groups in total. The van der Waals surface area contributed by atoms with Crippen LogP contribution in [0.15, 0.2) is 30.3 Å². The summed E-state index contributed by atoms with van der Waals surface area (Å²) in [5.41, 5.74) is 1.55. The van der Waals surface area contributed by atoms with Gasteiger partial charge in [-0.25, -0.2) is 9.46 Å². The summed E-state index contributed by atoms with van der Waals surface area (Å²) in [6.45, 7) is -0.938. The van der Waals surface area contributed by atoms with Gasteiger partial charge in [0, 0.05) is 0 Å². The Labute approximate surface area is 205 Å². The first kappa shape index (κ1) is 29.1. The van der Waals surface area contributed by atoms with Gasteiger partial charge in [0.15, 0.2) is 23.0 Å². The molecule has 0 spiro atoms. The summed E-state index contributed by atoms with van der Waals surface area (Å²) in [4.78, 5) is 19.1. The minimum Gasteiger partial charge on any atom is -0.493 e. The average Bonchev–Trinajstić information content (AvgIpc) is 2.78. The minimum absolute atomic E-state index is 0.0372. The van der Waals surface area contributed by atoms with E-state index in [0.717, 1.165) is 14.0 Å². The zero-order valence-corrected chi connectivity index (χ0v) is 21.3. The Morgan fingerprint density at radius 3 is 1.85 bits per heavy atom. The van der Waals surface area contributed by atoms with Gasteiger partial charge >= 0.3 is 7.82 Å². The van der Waals surface area contributed by atoms with Crippen molar-refractivity contribution in [2.45, 2.75) is 0 Å². The number of methoxy groups -OCH3 is 3. The molecule has 0 fully saturated rings. The molecule has 11 nitrogen and oxygen atoms in total. The predicted molar refractivity (Wildman–Crippen MR) is 130 cm³/mol. The first-order valence-electron chi connectivity index (χ1n) is 9.20. The largest absolute Gasteiger partial charge is 0.524 e. The molecule has 0 saturated heterocycles. The topological polar surface area (TPSA) is 158 Å². The monoisotopic (exact) mass is 599 g/mol. The number of aliphatic hydroxyl groups excluding tert-OH is 3. The lowest BCUT2D eigenvalue weighted by Gasteiger charge is -2.12. The van der Waals surface area contributed by atoms with Gasteiger partial charge in [-0.2, -0.15) is 0 Å². The Hall–Kier alpha value is -1.90. The molecule has 13 heteroatoms. The number of ether oxygens (including phenoxy) is 3. The summed E-state index contributed by atoms with van der Waals surface area (Å²) in [5, 5.41) is 24.4. The molecular formula is C20H27INO10P. The lowest BCUT2D eigenvalue weighted by molar-refractivity contribution is -0.0268. The number of hydrogen-bond donors (Lipinski definition) is 5. The van der Waals surface area contributed by atoms with Crippen molar-refractivity contribution in [2.75, 3.05) is 41.5 Å². The zero-order chi connectivity index (χ0) is 25.0. The van der Waals surface area contributed by atoms with Crippen LogP contribution in [0.25, 0.3) is 12.2 Å². The van der Waals surface area contributed by atoms with E-state index in [1.807, 2.05) is 18.2 Å². The molecule has 184 valence electrons. The molecule has 0 saturated carbocycles. The highest BCUT2D eigenvalue weighted by Crippen LogP contribution is 2.42. The molecule has 2 rings (SSSR count). The van der Waals surface area contributed by atoms with Crippen molar-refractivity contribution in [3.05, 3.63) is 45.0 Å². The maximum Gasteiger partial charge on any atom is 0.524 e. The number of aliphatic hydroxyl groups is 3. The molecule has 0 bridgehead atoms. The predicted octanol–water partition coefficient (Wildman–Crippen LogP) is 2.10. The van der Waals surface area contributed by atoms with Crippen molar-refractivity contribution in [2.24, 2.45) is 0 Å². The second-order valence-electron chi connectivity index (χ2n) is 6.16. The highest BCUT2D eigenvalue weighted by Gasteiger charge is 2.19. The second kappa shape index (κ2) is 14.4. The quantitative estimate of drug-likeness (QED) is 0.118. The van der Waals surface area contributed by atoms with E-state index < -0.39 is 7.82 Å². The number of halogens is 1. The van der Waals surface area contributed by atoms with Crippen molar-refractivity contribution >= 4 is 42.6 Å². The maximum absolute atomic E-state index is 11.1. The number of benzene rings is 2. The molecule has 0 aromatic heterocycles. The number of phosphoric acid groups is 1. The van der Waals surface area contributed by atoms with Crippen LogP contribution in [0, 0.1) is 3.57 Å². The standard InChI is InChI=1S/C17H18IO7P.C3H9NO3/c1-22-14-7-6-11(9-15(14)25-26(19,20)21)4-5-12-8-13(18)17(24-3)16(10-12)23-2;5-1-4(2-6)3-7/h4-10H,1-3H3,(H2,19,20,21);5-7H,1-3H2/b5-4-;. The molecule has 0 heterocycles. The third-order valence-corrected chi connectivity index (χ3v) is 5.16. The summed E-state index contributed by atoms with van der Waals surface area (Å²) in [6.07, 6.45) is 3.62. The summed E-state index contributed by atoms with van der Waals surface area (Å²) in [6, 6.07) is 8.56. The Morgan fingerprint density at radius 2 is 1.39 bits per heavy atom. The Kier molecular flexibility index (Phi) is 12.7. The van der Waals surface area contributed by atoms with E-state index >= 15 is 0 Å². The van der Waals surface area contributed by atoms with E-state index in [1.165, 1.54) is 13.2 Å². The van der Waals surface area contributed by atoms with Crippen LogP contribution in [0.5, 0.6) is 23.0 Å². The smallest absolute Gasteiger partial charge is 0.493 e. The van der Waals surface area contributed by atoms with Crippen LogP contribution in [0.2, 0.25) is 0 Å². The van der Waals surface area contributed by atoms with Crippen molar-refractivity contribution in [1.82, 2.24) is 4.90 Å². The van der Waals surface area contributed by atoms with Gasteiger partial charge in [0.25, 0.3) is 0 Å². The van der Waals surface area contributed by atoms with Crippen molar-refractivity contribution < 1.29 is 48.4 Å². The van der Waals surface area contributed by atoms with Crippen molar-refractivity contribution in [3.63, 3.8) is 0 Å². The Morgan fingerprint density at radius 1 is 0.848 bits per heavy atom. The fourth-order valence-corrected chi connectivity index (χ4v) is 3.60. The van der Waals surface area contributed by atoms with E-state index in [2.05, 4.69) is 27.1 Å². The number of hydrogen-bond acceptors (Lipinski definition) is 9. The van der Waals surface area contributed by atoms with Crippen molar-refractivity contribution in [1.29, 1.82) is 0 Å². The molecule has 0 unspecified atom stereocenters. The molecular weight excluding hydrogens is 572 g/mol. The first-order valence-corrected chi connectivity index (χ1v) is 11.8. The van der Waals surface area contributed by atoms with Crippen LogP contribution in [-0.2, 0) is 4.57 Å². The first-order chi connectivity index (χ1) is 15.6. The normalized spacial score (nSPS) is 11.2. The number of nitrogens with zero attached hydrogens (tertiary/aromatic N) is 1. The lowest BCUT2D eigenvalue weighted by Crippen LogP contribution is -2.26. The van der Waals surface area contributed by atoms with Gasteiger partial charge in [0.05, 0.1) is 45.1 Å². The summed E-state index contributed by atoms with van der Waals surface area (Å²) < 4.78 is 32.4. The van der Waals surface area contributed by atoms with Gasteiger partial charge in [-0.3, -0.25) is 9.79 Å². The highest BCUT2D eigenvalue weighted by atomic mass is 127. The molecule has 2 aromatic rings. The summed E-state index contributed by atoms with van der Waals surface area (Å²) in [5.74, 6) is 1.46. The Balaban J connectivity index is 0.000000675. The zero-order valence-electron chi connectivity index (χ0n) is 18.2. The van der Waals surface area contributed by atoms with Gasteiger partial charge in [0.1, 0.15) is 0 Å². The van der Waals surface area contributed by atoms with Gasteiger partial charge in [0.2, 0.25) is 0 Å². The lowest BCUT2D eigenvalue weighted by atomic mass is 10.1. The van der Waals surface area contributed by atoms with Gasteiger partial charge in [-0.1, -0.05) is 18.2 Å². The van der Waals surface area contributed by atoms with Gasteiger partial charge in [-0.15, -0.1) is 0 Å². The van der Waals surface area contributed by atoms with E-state index in [-0.39, 0.29) is 31.7 Å². The summed E-state index contributed by atoms with van der Waals surface area (Å²) in [7, 11) is -0.150. The van der Waals surface area contributed by atoms with Crippen LogP contribution < -0.4 is 18.7 Å². The molecule has 0 radical (unpaired) electrons. The molecule has 0 amide bonds. The van der Waals surface area contributed by atoms with E-state index in [9.17, 15) is 4.57 Å². The minimum atomic E-state index is -4.69. The number of phosphoric ester groups is 1. The van der Waals surface area contributed by atoms with Crippen LogP contribution in [0.1, 0.15) is 11.1 Å². The van der Waals surface area contributed by atoms with Gasteiger partial charge < -0.3 is 34.1 Å². The molecule has 0 atom stereocenters. The third-order valence-electron chi connectivity index (χ3n) is 3.93. The van der Waals surface area contributed by atoms with Crippen LogP contribution >= 0.6 is 30.4 Å². The third kappa shape index (κ3) is 9.86. The Bertz CT molecular complexity index is 957. The van der Waals surface area contributed by atoms with Crippen LogP contribution in [0.3, 0.4) is 0 Å². The summed E-state index contributed by atoms with van der Waals surface area (Å²) >= 11 is 2.16. The molecule has 0 aliphatic rings. The van der Waals surface area contributed by atoms with Crippen LogP contribution in [-0.4, -0.2) is 71.5 Å². The fourth-order valence-electron chi connectivity index (χ4n) is 2.36. The molecule has 0 aliphatic heterocycles. The fraction of sp³-hybridized carbons (Fsp3) is 0.300.